The van der Waals surface area contributed by atoms with Gasteiger partial charge in [-0.15, -0.1) is 0 Å². The van der Waals surface area contributed by atoms with Crippen LogP contribution < -0.4 is 39.6 Å². The Morgan fingerprint density at radius 1 is 1.33 bits per heavy atom. The Hall–Kier alpha value is -0.950. The van der Waals surface area contributed by atoms with Gasteiger partial charge in [0.05, 0.1) is 18.2 Å². The van der Waals surface area contributed by atoms with Crippen molar-refractivity contribution in [3.05, 3.63) is 30.3 Å². The first kappa shape index (κ1) is 15.1. The maximum absolute atomic E-state index is 11.8. The summed E-state index contributed by atoms with van der Waals surface area (Å²) in [5, 5.41) is 10.7. The van der Waals surface area contributed by atoms with Gasteiger partial charge >= 0.3 is 29.6 Å². The number of carboxylic acids is 1. The molecule has 0 bridgehead atoms. The monoisotopic (exact) mass is 272 g/mol. The van der Waals surface area contributed by atoms with Gasteiger partial charge in [0, 0.05) is 0 Å². The fourth-order valence-corrected chi connectivity index (χ4v) is 2.00. The maximum atomic E-state index is 11.8. The molecule has 2 rings (SSSR count). The minimum absolute atomic E-state index is 0. The molecule has 1 aromatic carbocycles. The van der Waals surface area contributed by atoms with Gasteiger partial charge in [-0.2, -0.15) is 0 Å². The smallest absolute Gasteiger partial charge is 0.548 e. The quantitative estimate of drug-likeness (QED) is 0.420. The van der Waals surface area contributed by atoms with Gasteiger partial charge in [0.2, 0.25) is 0 Å². The van der Waals surface area contributed by atoms with Crippen molar-refractivity contribution >= 4 is 34.9 Å². The van der Waals surface area contributed by atoms with E-state index in [9.17, 15) is 14.7 Å². The molecule has 0 aliphatic carbocycles. The van der Waals surface area contributed by atoms with Crippen molar-refractivity contribution in [1.29, 1.82) is 0 Å². The van der Waals surface area contributed by atoms with Crippen LogP contribution in [-0.2, 0) is 9.59 Å². The first-order valence-electron chi connectivity index (χ1n) is 4.96. The topological polar surface area (TPSA) is 63.7 Å². The van der Waals surface area contributed by atoms with Gasteiger partial charge in [0.1, 0.15) is 6.54 Å². The fourth-order valence-electron chi connectivity index (χ4n) is 1.66. The SMILES string of the molecule is O=C([O-])CN1CC(=O)N(c2ccccc2)C1=S.[Na+]. The minimum Gasteiger partial charge on any atom is -0.548 e. The van der Waals surface area contributed by atoms with E-state index in [1.807, 2.05) is 6.07 Å². The number of para-hydroxylation sites is 1. The zero-order valence-corrected chi connectivity index (χ0v) is 12.6. The summed E-state index contributed by atoms with van der Waals surface area (Å²) in [6.07, 6.45) is 0. The molecular weight excluding hydrogens is 263 g/mol. The summed E-state index contributed by atoms with van der Waals surface area (Å²) in [5.74, 6) is -1.49. The summed E-state index contributed by atoms with van der Waals surface area (Å²) in [6.45, 7) is -0.393. The Morgan fingerprint density at radius 2 is 1.94 bits per heavy atom. The predicted molar refractivity (Wildman–Crippen MR) is 63.1 cm³/mol. The van der Waals surface area contributed by atoms with Crippen molar-refractivity contribution in [1.82, 2.24) is 4.90 Å². The Balaban J connectivity index is 0.00000162. The van der Waals surface area contributed by atoms with Crippen LogP contribution in [0, 0.1) is 0 Å². The molecule has 1 amide bonds. The second kappa shape index (κ2) is 6.29. The van der Waals surface area contributed by atoms with Gasteiger partial charge in [-0.05, 0) is 24.4 Å². The molecule has 0 aromatic heterocycles. The van der Waals surface area contributed by atoms with Crippen LogP contribution in [0.2, 0.25) is 0 Å². The number of carbonyl (C=O) groups is 2. The van der Waals surface area contributed by atoms with Crippen LogP contribution in [0.15, 0.2) is 30.3 Å². The molecule has 0 saturated carbocycles. The van der Waals surface area contributed by atoms with Gasteiger partial charge in [0.25, 0.3) is 5.91 Å². The summed E-state index contributed by atoms with van der Waals surface area (Å²) < 4.78 is 0. The average molecular weight is 272 g/mol. The molecule has 0 atom stereocenters. The third-order valence-corrected chi connectivity index (χ3v) is 2.81. The number of amides is 1. The van der Waals surface area contributed by atoms with Gasteiger partial charge in [-0.1, -0.05) is 18.2 Å². The molecule has 1 aromatic rings. The number of hydrogen-bond donors (Lipinski definition) is 0. The third-order valence-electron chi connectivity index (χ3n) is 2.37. The number of benzene rings is 1. The van der Waals surface area contributed by atoms with E-state index in [0.717, 1.165) is 0 Å². The number of nitrogens with zero attached hydrogens (tertiary/aromatic N) is 2. The van der Waals surface area contributed by atoms with Crippen molar-refractivity contribution < 1.29 is 44.3 Å². The van der Waals surface area contributed by atoms with Crippen molar-refractivity contribution in [2.45, 2.75) is 0 Å². The Bertz CT molecular complexity index is 480. The molecule has 0 radical (unpaired) electrons. The van der Waals surface area contributed by atoms with Gasteiger partial charge in [-0.25, -0.2) is 0 Å². The summed E-state index contributed by atoms with van der Waals surface area (Å²) in [5.41, 5.74) is 0.642. The molecule has 88 valence electrons. The normalized spacial score (nSPS) is 14.7. The van der Waals surface area contributed by atoms with E-state index in [1.165, 1.54) is 9.80 Å². The number of thiocarbonyl (C=S) groups is 1. The molecule has 1 aliphatic rings. The molecule has 18 heavy (non-hydrogen) atoms. The average Bonchev–Trinajstić information content (AvgIpc) is 2.54. The molecule has 1 aliphatic heterocycles. The molecule has 0 spiro atoms. The van der Waals surface area contributed by atoms with Gasteiger partial charge < -0.3 is 14.8 Å². The summed E-state index contributed by atoms with van der Waals surface area (Å²) in [7, 11) is 0. The van der Waals surface area contributed by atoms with E-state index in [1.54, 1.807) is 24.3 Å². The Morgan fingerprint density at radius 3 is 2.50 bits per heavy atom. The van der Waals surface area contributed by atoms with E-state index in [-0.39, 0.29) is 53.7 Å². The predicted octanol–water partition coefficient (Wildman–Crippen LogP) is -3.63. The fraction of sp³-hybridized carbons (Fsp3) is 0.182. The Kier molecular flexibility index (Phi) is 5.28. The number of carboxylic acid groups (broad SMARTS) is 1. The molecule has 7 heteroatoms. The van der Waals surface area contributed by atoms with E-state index in [0.29, 0.717) is 5.69 Å². The van der Waals surface area contributed by atoms with Gasteiger partial charge in [-0.3, -0.25) is 9.69 Å². The largest absolute Gasteiger partial charge is 1.00 e. The molecule has 1 saturated heterocycles. The number of aliphatic carboxylic acids is 1. The Labute approximate surface area is 132 Å². The van der Waals surface area contributed by atoms with Crippen LogP contribution in [0.5, 0.6) is 0 Å². The summed E-state index contributed by atoms with van der Waals surface area (Å²) in [6, 6.07) is 8.88. The van der Waals surface area contributed by atoms with Crippen LogP contribution in [0.1, 0.15) is 0 Å². The van der Waals surface area contributed by atoms with E-state index in [2.05, 4.69) is 0 Å². The van der Waals surface area contributed by atoms with Crippen LogP contribution in [-0.4, -0.2) is 35.0 Å². The van der Waals surface area contributed by atoms with E-state index < -0.39 is 5.97 Å². The van der Waals surface area contributed by atoms with E-state index in [4.69, 9.17) is 12.2 Å². The molecular formula is C11H9N2NaO3S. The first-order chi connectivity index (χ1) is 8.09. The second-order valence-corrected chi connectivity index (χ2v) is 3.94. The number of rotatable bonds is 3. The van der Waals surface area contributed by atoms with E-state index >= 15 is 0 Å². The molecule has 0 unspecified atom stereocenters. The minimum atomic E-state index is -1.25. The summed E-state index contributed by atoms with van der Waals surface area (Å²) in [4.78, 5) is 24.9. The van der Waals surface area contributed by atoms with Crippen LogP contribution >= 0.6 is 12.2 Å². The standard InChI is InChI=1S/C11H10N2O3S.Na/c14-9-6-12(7-10(15)16)11(17)13(9)8-4-2-1-3-5-8;/h1-5H,6-7H2,(H,15,16);/q;+1/p-1. The van der Waals surface area contributed by atoms with Crippen molar-refractivity contribution in [2.75, 3.05) is 18.0 Å². The summed E-state index contributed by atoms with van der Waals surface area (Å²) >= 11 is 5.08. The zero-order chi connectivity index (χ0) is 12.4. The van der Waals surface area contributed by atoms with Crippen molar-refractivity contribution in [2.24, 2.45) is 0 Å². The number of hydrogen-bond acceptors (Lipinski definition) is 4. The zero-order valence-electron chi connectivity index (χ0n) is 9.83. The molecule has 0 N–H and O–H groups in total. The van der Waals surface area contributed by atoms with Gasteiger partial charge in [0.15, 0.2) is 5.11 Å². The number of anilines is 1. The van der Waals surface area contributed by atoms with Crippen LogP contribution in [0.3, 0.4) is 0 Å². The first-order valence-corrected chi connectivity index (χ1v) is 5.37. The molecule has 1 fully saturated rings. The maximum Gasteiger partial charge on any atom is 1.00 e. The van der Waals surface area contributed by atoms with Crippen LogP contribution in [0.25, 0.3) is 0 Å². The third kappa shape index (κ3) is 3.08. The van der Waals surface area contributed by atoms with Crippen LogP contribution in [0.4, 0.5) is 5.69 Å². The molecule has 5 nitrogen and oxygen atoms in total. The number of carbonyl (C=O) groups excluding carboxylic acids is 2. The van der Waals surface area contributed by atoms with Crippen molar-refractivity contribution in [3.63, 3.8) is 0 Å². The second-order valence-electron chi connectivity index (χ2n) is 3.58. The molecule has 1 heterocycles. The van der Waals surface area contributed by atoms with Crippen molar-refractivity contribution in [3.8, 4) is 0 Å².